The number of benzene rings is 1. The number of piperidine rings is 1. The summed E-state index contributed by atoms with van der Waals surface area (Å²) in [6.45, 7) is 0.360. The Morgan fingerprint density at radius 2 is 1.94 bits per heavy atom. The molecule has 2 fully saturated rings. The van der Waals surface area contributed by atoms with Crippen LogP contribution in [-0.4, -0.2) is 63.5 Å². The smallest absolute Gasteiger partial charge is 0.229 e. The number of hydrogen-bond acceptors (Lipinski definition) is 6. The van der Waals surface area contributed by atoms with Gasteiger partial charge in [0.2, 0.25) is 5.91 Å². The molecule has 1 amide bonds. The molecule has 7 nitrogen and oxygen atoms in total. The van der Waals surface area contributed by atoms with E-state index in [0.29, 0.717) is 17.3 Å². The molecule has 1 unspecified atom stereocenters. The van der Waals surface area contributed by atoms with Crippen LogP contribution < -0.4 is 5.32 Å². The largest absolute Gasteiger partial charge is 0.441 e. The summed E-state index contributed by atoms with van der Waals surface area (Å²) < 4.78 is 31.4. The Balaban J connectivity index is 1.29. The minimum absolute atomic E-state index is 0.0316. The molecule has 2 aliphatic rings. The fourth-order valence-electron chi connectivity index (χ4n) is 5.25. The molecule has 0 radical (unpaired) electrons. The van der Waals surface area contributed by atoms with Crippen LogP contribution in [0.1, 0.15) is 37.3 Å². The molecule has 2 aliphatic heterocycles. The van der Waals surface area contributed by atoms with Crippen LogP contribution in [0.15, 0.2) is 34.9 Å². The summed E-state index contributed by atoms with van der Waals surface area (Å²) >= 11 is 0. The number of halogens is 2. The first-order chi connectivity index (χ1) is 16.0. The highest BCUT2D eigenvalue weighted by Gasteiger charge is 2.43. The zero-order valence-corrected chi connectivity index (χ0v) is 18.5. The van der Waals surface area contributed by atoms with Crippen LogP contribution in [0.5, 0.6) is 0 Å². The normalized spacial score (nSPS) is 22.4. The van der Waals surface area contributed by atoms with E-state index in [9.17, 15) is 13.6 Å². The summed E-state index contributed by atoms with van der Waals surface area (Å²) in [6.07, 6.45) is 5.16. The van der Waals surface area contributed by atoms with Crippen LogP contribution >= 0.6 is 0 Å². The van der Waals surface area contributed by atoms with Crippen molar-refractivity contribution in [3.05, 3.63) is 42.0 Å². The number of hydrogen-bond donors (Lipinski definition) is 1. The molecule has 3 atom stereocenters. The van der Waals surface area contributed by atoms with Gasteiger partial charge in [0, 0.05) is 36.0 Å². The topological polar surface area (TPSA) is 84.2 Å². The van der Waals surface area contributed by atoms with E-state index in [1.54, 1.807) is 13.1 Å². The van der Waals surface area contributed by atoms with Crippen molar-refractivity contribution in [1.82, 2.24) is 25.4 Å². The third-order valence-electron chi connectivity index (χ3n) is 6.74. The van der Waals surface area contributed by atoms with Gasteiger partial charge in [-0.15, -0.1) is 0 Å². The highest BCUT2D eigenvalue weighted by Crippen LogP contribution is 2.36. The lowest BCUT2D eigenvalue weighted by atomic mass is 9.96. The maximum Gasteiger partial charge on any atom is 0.229 e. The molecule has 5 rings (SSSR count). The van der Waals surface area contributed by atoms with Crippen LogP contribution in [0, 0.1) is 6.92 Å². The zero-order chi connectivity index (χ0) is 22.9. The summed E-state index contributed by atoms with van der Waals surface area (Å²) in [7, 11) is 0. The first-order valence-corrected chi connectivity index (χ1v) is 11.4. The van der Waals surface area contributed by atoms with Crippen LogP contribution in [0.2, 0.25) is 0 Å². The lowest BCUT2D eigenvalue weighted by Gasteiger charge is -2.40. The molecule has 0 saturated carbocycles. The average Bonchev–Trinajstić information content (AvgIpc) is 3.37. The monoisotopic (exact) mass is 455 g/mol. The molecule has 0 spiro atoms. The van der Waals surface area contributed by atoms with Gasteiger partial charge in [0.25, 0.3) is 0 Å². The van der Waals surface area contributed by atoms with Gasteiger partial charge in [-0.2, -0.15) is 10.2 Å². The van der Waals surface area contributed by atoms with Crippen LogP contribution in [0.25, 0.3) is 22.2 Å². The number of aryl methyl sites for hydroxylation is 1. The lowest BCUT2D eigenvalue weighted by molar-refractivity contribution is -0.135. The van der Waals surface area contributed by atoms with Gasteiger partial charge < -0.3 is 14.6 Å². The van der Waals surface area contributed by atoms with E-state index in [1.807, 2.05) is 29.2 Å². The maximum absolute atomic E-state index is 13.2. The van der Waals surface area contributed by atoms with Crippen molar-refractivity contribution in [2.75, 3.05) is 13.3 Å². The molecular formula is C24H27F2N5O2. The van der Waals surface area contributed by atoms with E-state index in [4.69, 9.17) is 4.42 Å². The number of rotatable bonds is 7. The summed E-state index contributed by atoms with van der Waals surface area (Å²) in [4.78, 5) is 19.3. The number of carbonyl (C=O) groups is 1. The number of nitrogens with zero attached hydrogens (tertiary/aromatic N) is 4. The summed E-state index contributed by atoms with van der Waals surface area (Å²) in [5.74, 6) is 1.31. The number of carbonyl (C=O) groups excluding carboxylic acids is 1. The Hall–Kier alpha value is -2.94. The van der Waals surface area contributed by atoms with Crippen molar-refractivity contribution in [3.8, 4) is 11.3 Å². The fourth-order valence-corrected chi connectivity index (χ4v) is 5.25. The first kappa shape index (κ1) is 21.9. The quantitative estimate of drug-likeness (QED) is 0.587. The van der Waals surface area contributed by atoms with Crippen molar-refractivity contribution >= 4 is 16.8 Å². The van der Waals surface area contributed by atoms with Crippen LogP contribution in [-0.2, 0) is 11.2 Å². The highest BCUT2D eigenvalue weighted by molar-refractivity contribution is 5.85. The number of nitrogens with one attached hydrogen (secondary N) is 1. The van der Waals surface area contributed by atoms with Gasteiger partial charge in [0.05, 0.1) is 29.9 Å². The molecule has 3 aromatic rings. The van der Waals surface area contributed by atoms with Crippen LogP contribution in [0.3, 0.4) is 0 Å². The first-order valence-electron chi connectivity index (χ1n) is 11.4. The Kier molecular flexibility index (Phi) is 6.05. The molecule has 4 heterocycles. The van der Waals surface area contributed by atoms with Crippen molar-refractivity contribution in [2.45, 2.75) is 63.2 Å². The van der Waals surface area contributed by atoms with Gasteiger partial charge in [-0.25, -0.2) is 13.8 Å². The molecule has 2 bridgehead atoms. The van der Waals surface area contributed by atoms with Crippen molar-refractivity contribution in [1.29, 1.82) is 0 Å². The van der Waals surface area contributed by atoms with Gasteiger partial charge >= 0.3 is 0 Å². The van der Waals surface area contributed by atoms with Crippen molar-refractivity contribution in [3.63, 3.8) is 0 Å². The maximum atomic E-state index is 13.2. The lowest BCUT2D eigenvalue weighted by Crippen LogP contribution is -2.54. The third kappa shape index (κ3) is 4.46. The van der Waals surface area contributed by atoms with E-state index in [1.165, 1.54) is 0 Å². The van der Waals surface area contributed by atoms with Gasteiger partial charge in [-0.05, 0) is 49.9 Å². The summed E-state index contributed by atoms with van der Waals surface area (Å²) in [5, 5.41) is 12.5. The van der Waals surface area contributed by atoms with E-state index in [0.717, 1.165) is 42.1 Å². The van der Waals surface area contributed by atoms with E-state index in [2.05, 4.69) is 20.5 Å². The second-order valence-electron chi connectivity index (χ2n) is 9.06. The molecule has 174 valence electrons. The minimum Gasteiger partial charge on any atom is -0.441 e. The standard InChI is InChI=1S/C24H27F2N5O2/c1-14-27-13-23(33-14)15-2-5-22-16(6-15)7-18(29-30-22)10-24(32)31-20-3-4-21(31)9-17(8-20)28-19(11-25)12-26/h2,5-7,13,17,19-21,28H,3-4,8-12H2,1H3/t17?,20-,21+. The average molecular weight is 456 g/mol. The van der Waals surface area contributed by atoms with Crippen molar-refractivity contribution in [2.24, 2.45) is 0 Å². The predicted molar refractivity (Wildman–Crippen MR) is 119 cm³/mol. The second kappa shape index (κ2) is 9.13. The van der Waals surface area contributed by atoms with E-state index in [-0.39, 0.29) is 30.5 Å². The molecule has 2 aromatic heterocycles. The zero-order valence-electron chi connectivity index (χ0n) is 18.5. The van der Waals surface area contributed by atoms with Crippen molar-refractivity contribution < 1.29 is 18.0 Å². The molecule has 1 N–H and O–H groups in total. The fraction of sp³-hybridized carbons (Fsp3) is 0.500. The molecule has 9 heteroatoms. The molecule has 0 aliphatic carbocycles. The number of aromatic nitrogens is 3. The number of oxazole rings is 1. The molecule has 33 heavy (non-hydrogen) atoms. The predicted octanol–water partition coefficient (Wildman–Crippen LogP) is 3.55. The minimum atomic E-state index is -0.754. The summed E-state index contributed by atoms with van der Waals surface area (Å²) in [6, 6.07) is 7.14. The van der Waals surface area contributed by atoms with Gasteiger partial charge in [0.15, 0.2) is 11.7 Å². The summed E-state index contributed by atoms with van der Waals surface area (Å²) in [5.41, 5.74) is 2.25. The number of amides is 1. The van der Waals surface area contributed by atoms with Crippen LogP contribution in [0.4, 0.5) is 8.78 Å². The molecule has 2 saturated heterocycles. The SMILES string of the molecule is Cc1ncc(-c2ccc3nnc(CC(=O)N4[C@@H]5CC[C@H]4CC(NC(CF)CF)C5)cc3c2)o1. The number of fused-ring (bicyclic) bond motifs is 3. The van der Waals surface area contributed by atoms with Gasteiger partial charge in [-0.1, -0.05) is 0 Å². The van der Waals surface area contributed by atoms with Gasteiger partial charge in [0.1, 0.15) is 13.3 Å². The van der Waals surface area contributed by atoms with E-state index < -0.39 is 19.4 Å². The van der Waals surface area contributed by atoms with Gasteiger partial charge in [-0.3, -0.25) is 4.79 Å². The van der Waals surface area contributed by atoms with E-state index >= 15 is 0 Å². The number of alkyl halides is 2. The molecule has 1 aromatic carbocycles. The Morgan fingerprint density at radius 3 is 2.61 bits per heavy atom. The Bertz CT molecular complexity index is 1130. The Labute approximate surface area is 190 Å². The second-order valence-corrected chi connectivity index (χ2v) is 9.06. The third-order valence-corrected chi connectivity index (χ3v) is 6.74. The highest BCUT2D eigenvalue weighted by atomic mass is 19.1. The Morgan fingerprint density at radius 1 is 1.18 bits per heavy atom. The molecular weight excluding hydrogens is 428 g/mol.